The van der Waals surface area contributed by atoms with Gasteiger partial charge in [0.25, 0.3) is 5.69 Å². The summed E-state index contributed by atoms with van der Waals surface area (Å²) in [6, 6.07) is 5.97. The zero-order valence-corrected chi connectivity index (χ0v) is 9.89. The second-order valence-electron chi connectivity index (χ2n) is 3.96. The van der Waals surface area contributed by atoms with E-state index in [2.05, 4.69) is 5.10 Å². The number of carboxylic acids is 1. The largest absolute Gasteiger partial charge is 0.481 e. The van der Waals surface area contributed by atoms with Gasteiger partial charge in [0.1, 0.15) is 0 Å². The quantitative estimate of drug-likeness (QED) is 0.653. The van der Waals surface area contributed by atoms with Crippen LogP contribution in [0.2, 0.25) is 0 Å². The minimum Gasteiger partial charge on any atom is -0.481 e. The van der Waals surface area contributed by atoms with Crippen molar-refractivity contribution in [3.05, 3.63) is 52.3 Å². The van der Waals surface area contributed by atoms with Gasteiger partial charge in [0.05, 0.1) is 16.8 Å². The van der Waals surface area contributed by atoms with Gasteiger partial charge in [-0.15, -0.1) is 0 Å². The molecule has 0 amide bonds. The maximum atomic E-state index is 10.5. The summed E-state index contributed by atoms with van der Waals surface area (Å²) < 4.78 is 1.56. The van der Waals surface area contributed by atoms with Crippen LogP contribution >= 0.6 is 0 Å². The molecule has 0 unspecified atom stereocenters. The summed E-state index contributed by atoms with van der Waals surface area (Å²) >= 11 is 0. The van der Waals surface area contributed by atoms with Crippen molar-refractivity contribution < 1.29 is 14.8 Å². The van der Waals surface area contributed by atoms with Crippen LogP contribution in [0.15, 0.2) is 36.7 Å². The highest BCUT2D eigenvalue weighted by Crippen LogP contribution is 2.15. The van der Waals surface area contributed by atoms with Crippen LogP contribution in [-0.2, 0) is 11.2 Å². The van der Waals surface area contributed by atoms with E-state index < -0.39 is 10.9 Å². The van der Waals surface area contributed by atoms with Crippen LogP contribution in [0.3, 0.4) is 0 Å². The van der Waals surface area contributed by atoms with E-state index in [4.69, 9.17) is 5.11 Å². The summed E-state index contributed by atoms with van der Waals surface area (Å²) in [6.45, 7) is 0. The highest BCUT2D eigenvalue weighted by Gasteiger charge is 2.07. The normalized spacial score (nSPS) is 10.3. The number of carboxylic acid groups (broad SMARTS) is 1. The van der Waals surface area contributed by atoms with E-state index in [0.717, 1.165) is 5.56 Å². The molecule has 98 valence electrons. The Morgan fingerprint density at radius 3 is 2.63 bits per heavy atom. The molecule has 2 rings (SSSR count). The highest BCUT2D eigenvalue weighted by atomic mass is 16.6. The SMILES string of the molecule is O=C(O)CCc1cnn(-c2ccc([N+](=O)[O-])cc2)c1. The van der Waals surface area contributed by atoms with Crippen molar-refractivity contribution in [1.29, 1.82) is 0 Å². The number of aliphatic carboxylic acids is 1. The second-order valence-corrected chi connectivity index (χ2v) is 3.96. The molecule has 7 heteroatoms. The average Bonchev–Trinajstić information content (AvgIpc) is 2.85. The van der Waals surface area contributed by atoms with Crippen molar-refractivity contribution >= 4 is 11.7 Å². The van der Waals surface area contributed by atoms with Crippen LogP contribution < -0.4 is 0 Å². The molecule has 0 saturated carbocycles. The van der Waals surface area contributed by atoms with Crippen molar-refractivity contribution in [3.63, 3.8) is 0 Å². The first-order valence-electron chi connectivity index (χ1n) is 5.56. The van der Waals surface area contributed by atoms with Gasteiger partial charge < -0.3 is 5.11 Å². The van der Waals surface area contributed by atoms with Crippen LogP contribution in [0.1, 0.15) is 12.0 Å². The number of carbonyl (C=O) groups is 1. The molecule has 19 heavy (non-hydrogen) atoms. The number of hydrogen-bond donors (Lipinski definition) is 1. The predicted molar refractivity (Wildman–Crippen MR) is 66.2 cm³/mol. The molecule has 0 radical (unpaired) electrons. The zero-order chi connectivity index (χ0) is 13.8. The van der Waals surface area contributed by atoms with Crippen LogP contribution in [0.5, 0.6) is 0 Å². The summed E-state index contributed by atoms with van der Waals surface area (Å²) in [6.07, 6.45) is 3.75. The number of benzene rings is 1. The maximum Gasteiger partial charge on any atom is 0.303 e. The van der Waals surface area contributed by atoms with Gasteiger partial charge in [-0.3, -0.25) is 14.9 Å². The minimum atomic E-state index is -0.858. The predicted octanol–water partition coefficient (Wildman–Crippen LogP) is 1.80. The topological polar surface area (TPSA) is 98.3 Å². The molecule has 0 spiro atoms. The summed E-state index contributed by atoms with van der Waals surface area (Å²) in [7, 11) is 0. The van der Waals surface area contributed by atoms with Gasteiger partial charge in [-0.2, -0.15) is 5.10 Å². The van der Waals surface area contributed by atoms with Gasteiger partial charge in [-0.05, 0) is 24.1 Å². The van der Waals surface area contributed by atoms with Gasteiger partial charge >= 0.3 is 5.97 Å². The molecule has 0 atom stereocenters. The molecule has 0 fully saturated rings. The van der Waals surface area contributed by atoms with Crippen LogP contribution in [0, 0.1) is 10.1 Å². The van der Waals surface area contributed by atoms with Crippen molar-refractivity contribution in [1.82, 2.24) is 9.78 Å². The Morgan fingerprint density at radius 2 is 2.05 bits per heavy atom. The first-order valence-corrected chi connectivity index (χ1v) is 5.56. The molecule has 1 aromatic carbocycles. The Hall–Kier alpha value is -2.70. The Labute approximate surface area is 108 Å². The Bertz CT molecular complexity index is 604. The molecule has 1 heterocycles. The molecule has 1 N–H and O–H groups in total. The number of aryl methyl sites for hydroxylation is 1. The molecule has 0 aliphatic carbocycles. The van der Waals surface area contributed by atoms with Crippen LogP contribution in [0.4, 0.5) is 5.69 Å². The first-order chi connectivity index (χ1) is 9.06. The van der Waals surface area contributed by atoms with E-state index in [1.54, 1.807) is 29.2 Å². The summed E-state index contributed by atoms with van der Waals surface area (Å²) in [5.41, 5.74) is 1.51. The monoisotopic (exact) mass is 261 g/mol. The van der Waals surface area contributed by atoms with E-state index in [1.807, 2.05) is 0 Å². The lowest BCUT2D eigenvalue weighted by molar-refractivity contribution is -0.384. The third-order valence-electron chi connectivity index (χ3n) is 2.59. The number of hydrogen-bond acceptors (Lipinski definition) is 4. The fourth-order valence-electron chi connectivity index (χ4n) is 1.61. The summed E-state index contributed by atoms with van der Waals surface area (Å²) in [5.74, 6) is -0.858. The Balaban J connectivity index is 2.13. The molecule has 0 bridgehead atoms. The summed E-state index contributed by atoms with van der Waals surface area (Å²) in [4.78, 5) is 20.5. The fraction of sp³-hybridized carbons (Fsp3) is 0.167. The van der Waals surface area contributed by atoms with Crippen molar-refractivity contribution in [2.24, 2.45) is 0 Å². The lowest BCUT2D eigenvalue weighted by Gasteiger charge is -2.00. The fourth-order valence-corrected chi connectivity index (χ4v) is 1.61. The number of nitrogens with zero attached hydrogens (tertiary/aromatic N) is 3. The van der Waals surface area contributed by atoms with Crippen molar-refractivity contribution in [2.75, 3.05) is 0 Å². The smallest absolute Gasteiger partial charge is 0.303 e. The molecule has 0 aliphatic heterocycles. The lowest BCUT2D eigenvalue weighted by Crippen LogP contribution is -1.97. The third-order valence-corrected chi connectivity index (χ3v) is 2.59. The number of nitro groups is 1. The lowest BCUT2D eigenvalue weighted by atomic mass is 10.2. The van der Waals surface area contributed by atoms with Crippen molar-refractivity contribution in [2.45, 2.75) is 12.8 Å². The molecular weight excluding hydrogens is 250 g/mol. The number of rotatable bonds is 5. The van der Waals surface area contributed by atoms with Gasteiger partial charge in [-0.1, -0.05) is 0 Å². The van der Waals surface area contributed by atoms with Crippen LogP contribution in [-0.4, -0.2) is 25.8 Å². The van der Waals surface area contributed by atoms with Gasteiger partial charge in [-0.25, -0.2) is 4.68 Å². The van der Waals surface area contributed by atoms with Gasteiger partial charge in [0.2, 0.25) is 0 Å². The first kappa shape index (κ1) is 12.7. The van der Waals surface area contributed by atoms with E-state index in [9.17, 15) is 14.9 Å². The number of nitro benzene ring substituents is 1. The molecular formula is C12H11N3O4. The molecule has 7 nitrogen and oxygen atoms in total. The third kappa shape index (κ3) is 3.15. The van der Waals surface area contributed by atoms with Gasteiger partial charge in [0, 0.05) is 24.8 Å². The molecule has 0 saturated heterocycles. The van der Waals surface area contributed by atoms with E-state index in [1.165, 1.54) is 12.1 Å². The number of non-ortho nitro benzene ring substituents is 1. The summed E-state index contributed by atoms with van der Waals surface area (Å²) in [5, 5.41) is 23.2. The Kier molecular flexibility index (Phi) is 3.56. The van der Waals surface area contributed by atoms with E-state index >= 15 is 0 Å². The van der Waals surface area contributed by atoms with Crippen molar-refractivity contribution in [3.8, 4) is 5.69 Å². The minimum absolute atomic E-state index is 0.0157. The van der Waals surface area contributed by atoms with Crippen LogP contribution in [0.25, 0.3) is 5.69 Å². The molecule has 0 aliphatic rings. The molecule has 1 aromatic heterocycles. The highest BCUT2D eigenvalue weighted by molar-refractivity contribution is 5.67. The zero-order valence-electron chi connectivity index (χ0n) is 9.89. The van der Waals surface area contributed by atoms with Gasteiger partial charge in [0.15, 0.2) is 0 Å². The maximum absolute atomic E-state index is 10.5. The Morgan fingerprint density at radius 1 is 1.37 bits per heavy atom. The number of aromatic nitrogens is 2. The van der Waals surface area contributed by atoms with E-state index in [0.29, 0.717) is 12.1 Å². The standard InChI is InChI=1S/C12H11N3O4/c16-12(17)6-1-9-7-13-14(8-9)10-2-4-11(5-3-10)15(18)19/h2-5,7-8H,1,6H2,(H,16,17). The van der Waals surface area contributed by atoms with E-state index in [-0.39, 0.29) is 12.1 Å². The second kappa shape index (κ2) is 5.30. The average molecular weight is 261 g/mol. The molecule has 2 aromatic rings.